The zero-order valence-corrected chi connectivity index (χ0v) is 16.3. The molecule has 0 saturated carbocycles. The third-order valence-corrected chi connectivity index (χ3v) is 5.91. The van der Waals surface area contributed by atoms with E-state index in [-0.39, 0.29) is 0 Å². The van der Waals surface area contributed by atoms with Crippen LogP contribution in [-0.4, -0.2) is 31.2 Å². The van der Waals surface area contributed by atoms with E-state index in [1.165, 1.54) is 11.8 Å². The van der Waals surface area contributed by atoms with E-state index in [2.05, 4.69) is 28.2 Å². The van der Waals surface area contributed by atoms with Crippen LogP contribution in [0.4, 0.5) is 0 Å². The molecule has 0 atom stereocenters. The minimum Gasteiger partial charge on any atom is -0.346 e. The van der Waals surface area contributed by atoms with Crippen molar-refractivity contribution >= 4 is 20.9 Å². The van der Waals surface area contributed by atoms with Crippen LogP contribution in [0.25, 0.3) is 33.3 Å². The summed E-state index contributed by atoms with van der Waals surface area (Å²) in [6.07, 6.45) is 5.76. The van der Waals surface area contributed by atoms with Gasteiger partial charge in [-0.15, -0.1) is 0 Å². The summed E-state index contributed by atoms with van der Waals surface area (Å²) < 4.78 is 23.8. The summed E-state index contributed by atoms with van der Waals surface area (Å²) in [5, 5.41) is 0.993. The van der Waals surface area contributed by atoms with E-state index in [0.717, 1.165) is 39.7 Å². The molecule has 5 nitrogen and oxygen atoms in total. The lowest BCUT2D eigenvalue weighted by Gasteiger charge is -2.06. The number of hydrogen-bond acceptors (Lipinski definition) is 4. The molecule has 0 spiro atoms. The van der Waals surface area contributed by atoms with E-state index >= 15 is 0 Å². The summed E-state index contributed by atoms with van der Waals surface area (Å²) in [5.74, 6) is 0. The first kappa shape index (κ1) is 18.4. The molecule has 0 unspecified atom stereocenters. The van der Waals surface area contributed by atoms with Gasteiger partial charge in [0, 0.05) is 35.2 Å². The van der Waals surface area contributed by atoms with Crippen molar-refractivity contribution in [1.82, 2.24) is 9.97 Å². The smallest absolute Gasteiger partial charge is 0.175 e. The molecule has 0 aliphatic carbocycles. The van der Waals surface area contributed by atoms with Gasteiger partial charge >= 0.3 is 0 Å². The number of hydrogen-bond donors (Lipinski definition) is 2. The third-order valence-electron chi connectivity index (χ3n) is 4.80. The first-order valence-electron chi connectivity index (χ1n) is 9.03. The van der Waals surface area contributed by atoms with Crippen LogP contribution in [0.3, 0.4) is 0 Å². The van der Waals surface area contributed by atoms with Crippen molar-refractivity contribution in [3.63, 3.8) is 0 Å². The van der Waals surface area contributed by atoms with Crippen LogP contribution < -0.4 is 5.73 Å². The van der Waals surface area contributed by atoms with Gasteiger partial charge < -0.3 is 10.7 Å². The number of fused-ring (bicyclic) bond motifs is 1. The maximum absolute atomic E-state index is 11.9. The van der Waals surface area contributed by atoms with E-state index in [0.29, 0.717) is 11.4 Å². The Morgan fingerprint density at radius 2 is 1.79 bits per heavy atom. The van der Waals surface area contributed by atoms with E-state index in [9.17, 15) is 8.42 Å². The van der Waals surface area contributed by atoms with Crippen molar-refractivity contribution in [3.8, 4) is 22.3 Å². The summed E-state index contributed by atoms with van der Waals surface area (Å²) >= 11 is 0. The summed E-state index contributed by atoms with van der Waals surface area (Å²) in [6, 6.07) is 17.3. The Morgan fingerprint density at radius 1 is 1.00 bits per heavy atom. The largest absolute Gasteiger partial charge is 0.346 e. The molecule has 28 heavy (non-hydrogen) atoms. The van der Waals surface area contributed by atoms with E-state index in [4.69, 9.17) is 5.73 Å². The van der Waals surface area contributed by atoms with Crippen LogP contribution in [0.15, 0.2) is 71.9 Å². The zero-order chi connectivity index (χ0) is 19.7. The highest BCUT2D eigenvalue weighted by molar-refractivity contribution is 7.90. The molecule has 0 aliphatic heterocycles. The molecule has 3 N–H and O–H groups in total. The third kappa shape index (κ3) is 3.56. The normalized spacial score (nSPS) is 11.8. The Balaban J connectivity index is 1.82. The summed E-state index contributed by atoms with van der Waals surface area (Å²) in [5.41, 5.74) is 11.5. The van der Waals surface area contributed by atoms with Gasteiger partial charge in [-0.3, -0.25) is 0 Å². The van der Waals surface area contributed by atoms with Crippen molar-refractivity contribution < 1.29 is 8.42 Å². The molecule has 0 saturated heterocycles. The van der Waals surface area contributed by atoms with Gasteiger partial charge in [-0.2, -0.15) is 0 Å². The Kier molecular flexibility index (Phi) is 4.75. The van der Waals surface area contributed by atoms with Crippen molar-refractivity contribution in [3.05, 3.63) is 72.6 Å². The minimum absolute atomic E-state index is 0.300. The second kappa shape index (κ2) is 7.22. The maximum Gasteiger partial charge on any atom is 0.175 e. The first-order chi connectivity index (χ1) is 13.5. The molecule has 2 aromatic carbocycles. The predicted molar refractivity (Wildman–Crippen MR) is 113 cm³/mol. The molecule has 0 amide bonds. The molecule has 4 rings (SSSR count). The van der Waals surface area contributed by atoms with Crippen LogP contribution in [0.2, 0.25) is 0 Å². The molecule has 142 valence electrons. The van der Waals surface area contributed by atoms with Gasteiger partial charge in [-0.1, -0.05) is 36.4 Å². The van der Waals surface area contributed by atoms with Gasteiger partial charge in [0.25, 0.3) is 0 Å². The van der Waals surface area contributed by atoms with Crippen LogP contribution in [0.1, 0.15) is 5.56 Å². The number of H-pyrrole nitrogens is 1. The molecule has 6 heteroatoms. The fourth-order valence-electron chi connectivity index (χ4n) is 3.37. The molecule has 4 aromatic rings. The second-order valence-electron chi connectivity index (χ2n) is 6.86. The van der Waals surface area contributed by atoms with Crippen LogP contribution in [0, 0.1) is 0 Å². The molecular formula is C22H21N3O2S. The predicted octanol–water partition coefficient (Wildman–Crippen LogP) is 3.80. The quantitative estimate of drug-likeness (QED) is 0.541. The number of pyridine rings is 1. The van der Waals surface area contributed by atoms with Gasteiger partial charge in [-0.05, 0) is 47.9 Å². The minimum atomic E-state index is -3.26. The van der Waals surface area contributed by atoms with Crippen LogP contribution in [0.5, 0.6) is 0 Å². The number of rotatable bonds is 5. The van der Waals surface area contributed by atoms with E-state index < -0.39 is 9.84 Å². The lowest BCUT2D eigenvalue weighted by molar-refractivity contribution is 0.602. The molecule has 0 bridgehead atoms. The van der Waals surface area contributed by atoms with E-state index in [1.807, 2.05) is 24.4 Å². The molecule has 2 heterocycles. The molecule has 0 radical (unpaired) electrons. The fraction of sp³-hybridized carbons (Fsp3) is 0.136. The van der Waals surface area contributed by atoms with Crippen LogP contribution in [-0.2, 0) is 16.3 Å². The van der Waals surface area contributed by atoms with Gasteiger partial charge in [0.1, 0.15) is 5.65 Å². The van der Waals surface area contributed by atoms with Crippen molar-refractivity contribution in [2.75, 3.05) is 12.8 Å². The van der Waals surface area contributed by atoms with Gasteiger partial charge in [0.2, 0.25) is 0 Å². The average molecular weight is 391 g/mol. The number of sulfone groups is 1. The Labute approximate surface area is 164 Å². The molecule has 0 aliphatic rings. The SMILES string of the molecule is CS(=O)(=O)c1cccc(-c2cnc3[nH]cc(-c4cccc(CCN)c4)c3c2)c1. The standard InChI is InChI=1S/C22H21N3O2S/c1-28(26,27)19-7-3-5-16(11-19)18-12-20-21(14-25-22(20)24-13-18)17-6-2-4-15(10-17)8-9-23/h2-7,10-14H,8-9,23H2,1H3,(H,24,25). The number of benzene rings is 2. The second-order valence-corrected chi connectivity index (χ2v) is 8.88. The number of nitrogens with one attached hydrogen (secondary N) is 1. The lowest BCUT2D eigenvalue weighted by atomic mass is 10.00. The monoisotopic (exact) mass is 391 g/mol. The van der Waals surface area contributed by atoms with Crippen LogP contribution >= 0.6 is 0 Å². The fourth-order valence-corrected chi connectivity index (χ4v) is 4.03. The summed E-state index contributed by atoms with van der Waals surface area (Å²) in [4.78, 5) is 8.05. The highest BCUT2D eigenvalue weighted by atomic mass is 32.2. The van der Waals surface area contributed by atoms with Crippen molar-refractivity contribution in [1.29, 1.82) is 0 Å². The molecular weight excluding hydrogens is 370 g/mol. The molecule has 0 fully saturated rings. The van der Waals surface area contributed by atoms with Gasteiger partial charge in [0.15, 0.2) is 9.84 Å². The number of nitrogens with zero attached hydrogens (tertiary/aromatic N) is 1. The van der Waals surface area contributed by atoms with Gasteiger partial charge in [-0.25, -0.2) is 13.4 Å². The van der Waals surface area contributed by atoms with Crippen molar-refractivity contribution in [2.45, 2.75) is 11.3 Å². The number of aromatic nitrogens is 2. The maximum atomic E-state index is 11.9. The Morgan fingerprint density at radius 3 is 2.57 bits per heavy atom. The number of aromatic amines is 1. The summed E-state index contributed by atoms with van der Waals surface area (Å²) in [6.45, 7) is 0.611. The summed E-state index contributed by atoms with van der Waals surface area (Å²) in [7, 11) is -3.26. The topological polar surface area (TPSA) is 88.8 Å². The highest BCUT2D eigenvalue weighted by Gasteiger charge is 2.12. The zero-order valence-electron chi connectivity index (χ0n) is 15.5. The highest BCUT2D eigenvalue weighted by Crippen LogP contribution is 2.32. The first-order valence-corrected chi connectivity index (χ1v) is 10.9. The number of nitrogens with two attached hydrogens (primary N) is 1. The lowest BCUT2D eigenvalue weighted by Crippen LogP contribution is -2.02. The average Bonchev–Trinajstić information content (AvgIpc) is 3.11. The van der Waals surface area contributed by atoms with Gasteiger partial charge in [0.05, 0.1) is 4.90 Å². The Bertz CT molecular complexity index is 1260. The van der Waals surface area contributed by atoms with E-state index in [1.54, 1.807) is 24.4 Å². The van der Waals surface area contributed by atoms with Crippen molar-refractivity contribution in [2.24, 2.45) is 5.73 Å². The Hall–Kier alpha value is -2.96. The molecule has 2 aromatic heterocycles.